The van der Waals surface area contributed by atoms with Gasteiger partial charge in [0.1, 0.15) is 0 Å². The molecule has 2 rings (SSSR count). The predicted octanol–water partition coefficient (Wildman–Crippen LogP) is 2.44. The van der Waals surface area contributed by atoms with E-state index in [0.717, 1.165) is 31.5 Å². The summed E-state index contributed by atoms with van der Waals surface area (Å²) < 4.78 is 5.20. The smallest absolute Gasteiger partial charge is 0.311 e. The zero-order valence-electron chi connectivity index (χ0n) is 11.5. The first-order valence-corrected chi connectivity index (χ1v) is 7.17. The lowest BCUT2D eigenvalue weighted by molar-refractivity contribution is -0.158. The molecule has 0 radical (unpaired) electrons. The van der Waals surface area contributed by atoms with E-state index in [9.17, 15) is 9.59 Å². The second kappa shape index (κ2) is 6.75. The Morgan fingerprint density at radius 3 is 2.45 bits per heavy atom. The molecule has 1 heterocycles. The van der Waals surface area contributed by atoms with Crippen LogP contribution in [0.2, 0.25) is 5.02 Å². The average molecular weight is 296 g/mol. The van der Waals surface area contributed by atoms with Crippen LogP contribution in [-0.2, 0) is 20.7 Å². The van der Waals surface area contributed by atoms with Crippen LogP contribution in [0.5, 0.6) is 0 Å². The van der Waals surface area contributed by atoms with Gasteiger partial charge in [0.15, 0.2) is 6.10 Å². The predicted molar refractivity (Wildman–Crippen MR) is 76.5 cm³/mol. The zero-order chi connectivity index (χ0) is 14.5. The molecule has 1 aromatic carbocycles. The Morgan fingerprint density at radius 1 is 1.25 bits per heavy atom. The molecule has 0 bridgehead atoms. The number of hydrogen-bond donors (Lipinski definition) is 0. The molecule has 0 saturated carbocycles. The molecule has 0 aromatic heterocycles. The van der Waals surface area contributed by atoms with Gasteiger partial charge in [0.2, 0.25) is 0 Å². The summed E-state index contributed by atoms with van der Waals surface area (Å²) in [5, 5.41) is 0.625. The standard InChI is InChI=1S/C15H18ClNO3/c1-11(15(19)17-8-2-3-9-17)20-14(18)10-12-4-6-13(16)7-5-12/h4-7,11H,2-3,8-10H2,1H3/t11-/m0/s1. The zero-order valence-corrected chi connectivity index (χ0v) is 12.2. The van der Waals surface area contributed by atoms with Crippen LogP contribution >= 0.6 is 11.6 Å². The number of hydrogen-bond acceptors (Lipinski definition) is 3. The van der Waals surface area contributed by atoms with Gasteiger partial charge in [-0.2, -0.15) is 0 Å². The highest BCUT2D eigenvalue weighted by atomic mass is 35.5. The molecule has 1 aromatic rings. The van der Waals surface area contributed by atoms with E-state index in [4.69, 9.17) is 16.3 Å². The second-order valence-electron chi connectivity index (χ2n) is 4.97. The van der Waals surface area contributed by atoms with Crippen molar-refractivity contribution in [2.24, 2.45) is 0 Å². The molecule has 0 N–H and O–H groups in total. The molecule has 4 nitrogen and oxygen atoms in total. The monoisotopic (exact) mass is 295 g/mol. The molecule has 1 fully saturated rings. The van der Waals surface area contributed by atoms with Gasteiger partial charge in [-0.05, 0) is 37.5 Å². The number of rotatable bonds is 4. The van der Waals surface area contributed by atoms with E-state index in [1.807, 2.05) is 0 Å². The Kier molecular flexibility index (Phi) is 5.01. The van der Waals surface area contributed by atoms with E-state index in [-0.39, 0.29) is 12.3 Å². The number of nitrogens with zero attached hydrogens (tertiary/aromatic N) is 1. The van der Waals surface area contributed by atoms with Gasteiger partial charge < -0.3 is 9.64 Å². The van der Waals surface area contributed by atoms with Crippen LogP contribution in [0, 0.1) is 0 Å². The summed E-state index contributed by atoms with van der Waals surface area (Å²) in [6, 6.07) is 7.00. The van der Waals surface area contributed by atoms with Crippen molar-refractivity contribution in [3.63, 3.8) is 0 Å². The van der Waals surface area contributed by atoms with Crippen molar-refractivity contribution < 1.29 is 14.3 Å². The molecule has 0 unspecified atom stereocenters. The van der Waals surface area contributed by atoms with Crippen LogP contribution in [0.4, 0.5) is 0 Å². The van der Waals surface area contributed by atoms with E-state index in [2.05, 4.69) is 0 Å². The second-order valence-corrected chi connectivity index (χ2v) is 5.40. The molecule has 1 aliphatic rings. The maximum Gasteiger partial charge on any atom is 0.311 e. The summed E-state index contributed by atoms with van der Waals surface area (Å²) in [5.41, 5.74) is 0.820. The molecule has 0 spiro atoms. The molecule has 20 heavy (non-hydrogen) atoms. The summed E-state index contributed by atoms with van der Waals surface area (Å²) in [4.78, 5) is 25.6. The Labute approximate surface area is 123 Å². The van der Waals surface area contributed by atoms with Crippen molar-refractivity contribution in [3.8, 4) is 0 Å². The van der Waals surface area contributed by atoms with Gasteiger partial charge in [-0.3, -0.25) is 9.59 Å². The Balaban J connectivity index is 1.84. The summed E-state index contributed by atoms with van der Waals surface area (Å²) in [5.74, 6) is -0.501. The fraction of sp³-hybridized carbons (Fsp3) is 0.467. The fourth-order valence-electron chi connectivity index (χ4n) is 2.25. The molecule has 0 aliphatic carbocycles. The first kappa shape index (κ1) is 14.9. The van der Waals surface area contributed by atoms with Crippen LogP contribution in [0.15, 0.2) is 24.3 Å². The third-order valence-corrected chi connectivity index (χ3v) is 3.59. The van der Waals surface area contributed by atoms with E-state index in [1.54, 1.807) is 36.1 Å². The van der Waals surface area contributed by atoms with E-state index >= 15 is 0 Å². The normalized spacial score (nSPS) is 16.0. The number of likely N-dealkylation sites (tertiary alicyclic amines) is 1. The van der Waals surface area contributed by atoms with Crippen LogP contribution < -0.4 is 0 Å². The molecule has 1 saturated heterocycles. The van der Waals surface area contributed by atoms with Gasteiger partial charge in [-0.1, -0.05) is 23.7 Å². The Bertz CT molecular complexity index is 480. The van der Waals surface area contributed by atoms with Gasteiger partial charge in [-0.25, -0.2) is 0 Å². The number of esters is 1. The number of amides is 1. The van der Waals surface area contributed by atoms with E-state index in [0.29, 0.717) is 5.02 Å². The van der Waals surface area contributed by atoms with Crippen molar-refractivity contribution in [2.45, 2.75) is 32.3 Å². The molecule has 1 amide bonds. The maximum atomic E-state index is 12.0. The van der Waals surface area contributed by atoms with Crippen LogP contribution in [0.3, 0.4) is 0 Å². The maximum absolute atomic E-state index is 12.0. The van der Waals surface area contributed by atoms with Gasteiger partial charge >= 0.3 is 5.97 Å². The number of carbonyl (C=O) groups is 2. The molecular weight excluding hydrogens is 278 g/mol. The lowest BCUT2D eigenvalue weighted by atomic mass is 10.1. The van der Waals surface area contributed by atoms with Crippen LogP contribution in [-0.4, -0.2) is 36.0 Å². The van der Waals surface area contributed by atoms with Gasteiger partial charge in [0, 0.05) is 18.1 Å². The first-order chi connectivity index (χ1) is 9.56. The average Bonchev–Trinajstić information content (AvgIpc) is 2.94. The van der Waals surface area contributed by atoms with Gasteiger partial charge in [0.25, 0.3) is 5.91 Å². The highest BCUT2D eigenvalue weighted by Gasteiger charge is 2.25. The minimum atomic E-state index is -0.715. The summed E-state index contributed by atoms with van der Waals surface area (Å²) in [6.07, 6.45) is 1.48. The SMILES string of the molecule is C[C@H](OC(=O)Cc1ccc(Cl)cc1)C(=O)N1CCCC1. The third-order valence-electron chi connectivity index (χ3n) is 3.34. The summed E-state index contributed by atoms with van der Waals surface area (Å²) in [7, 11) is 0. The van der Waals surface area contributed by atoms with Gasteiger partial charge in [0.05, 0.1) is 6.42 Å². The quantitative estimate of drug-likeness (QED) is 0.802. The number of benzene rings is 1. The molecule has 108 valence electrons. The minimum Gasteiger partial charge on any atom is -0.452 e. The van der Waals surface area contributed by atoms with Crippen molar-refractivity contribution in [3.05, 3.63) is 34.9 Å². The Hall–Kier alpha value is -1.55. The largest absolute Gasteiger partial charge is 0.452 e. The minimum absolute atomic E-state index is 0.105. The fourth-order valence-corrected chi connectivity index (χ4v) is 2.38. The Morgan fingerprint density at radius 2 is 1.85 bits per heavy atom. The third kappa shape index (κ3) is 3.97. The lowest BCUT2D eigenvalue weighted by Crippen LogP contribution is -2.38. The number of halogens is 1. The van der Waals surface area contributed by atoms with Crippen molar-refractivity contribution >= 4 is 23.5 Å². The lowest BCUT2D eigenvalue weighted by Gasteiger charge is -2.20. The molecule has 1 atom stereocenters. The number of ether oxygens (including phenoxy) is 1. The summed E-state index contributed by atoms with van der Waals surface area (Å²) >= 11 is 5.78. The molecular formula is C15H18ClNO3. The molecule has 5 heteroatoms. The van der Waals surface area contributed by atoms with Gasteiger partial charge in [-0.15, -0.1) is 0 Å². The molecule has 1 aliphatic heterocycles. The topological polar surface area (TPSA) is 46.6 Å². The van der Waals surface area contributed by atoms with Crippen LogP contribution in [0.1, 0.15) is 25.3 Å². The van der Waals surface area contributed by atoms with E-state index in [1.165, 1.54) is 0 Å². The van der Waals surface area contributed by atoms with Crippen LogP contribution in [0.25, 0.3) is 0 Å². The first-order valence-electron chi connectivity index (χ1n) is 6.79. The van der Waals surface area contributed by atoms with E-state index < -0.39 is 12.1 Å². The summed E-state index contributed by atoms with van der Waals surface area (Å²) in [6.45, 7) is 3.15. The highest BCUT2D eigenvalue weighted by molar-refractivity contribution is 6.30. The van der Waals surface area contributed by atoms with Crippen molar-refractivity contribution in [1.29, 1.82) is 0 Å². The van der Waals surface area contributed by atoms with Crippen molar-refractivity contribution in [2.75, 3.05) is 13.1 Å². The van der Waals surface area contributed by atoms with Crippen molar-refractivity contribution in [1.82, 2.24) is 4.90 Å². The number of carbonyl (C=O) groups excluding carboxylic acids is 2. The highest BCUT2D eigenvalue weighted by Crippen LogP contribution is 2.13.